The minimum Gasteiger partial charge on any atom is -0.351 e. The molecule has 2 fully saturated rings. The van der Waals surface area contributed by atoms with E-state index in [-0.39, 0.29) is 11.4 Å². The molecule has 2 aromatic rings. The van der Waals surface area contributed by atoms with E-state index in [1.807, 2.05) is 18.3 Å². The molecule has 2 aliphatic heterocycles. The number of rotatable bonds is 2. The van der Waals surface area contributed by atoms with Crippen molar-refractivity contribution in [2.24, 2.45) is 0 Å². The average Bonchev–Trinajstić information content (AvgIpc) is 3.20. The normalized spacial score (nSPS) is 20.8. The number of fused-ring (bicyclic) bond motifs is 1. The van der Waals surface area contributed by atoms with Crippen molar-refractivity contribution >= 4 is 11.7 Å². The monoisotopic (exact) mass is 321 g/mol. The summed E-state index contributed by atoms with van der Waals surface area (Å²) in [5.41, 5.74) is 3.40. The van der Waals surface area contributed by atoms with E-state index in [0.29, 0.717) is 6.42 Å². The van der Waals surface area contributed by atoms with E-state index >= 15 is 0 Å². The Morgan fingerprint density at radius 2 is 2.08 bits per heavy atom. The maximum absolute atomic E-state index is 11.6. The Morgan fingerprint density at radius 1 is 1.17 bits per heavy atom. The molecule has 1 aliphatic carbocycles. The smallest absolute Gasteiger partial charge is 0.220 e. The first-order valence-electron chi connectivity index (χ1n) is 8.59. The largest absolute Gasteiger partial charge is 0.351 e. The van der Waals surface area contributed by atoms with Gasteiger partial charge in [-0.25, -0.2) is 9.97 Å². The third kappa shape index (κ3) is 2.09. The van der Waals surface area contributed by atoms with Gasteiger partial charge in [-0.05, 0) is 37.8 Å². The maximum atomic E-state index is 11.6. The summed E-state index contributed by atoms with van der Waals surface area (Å²) >= 11 is 0. The quantitative estimate of drug-likeness (QED) is 0.907. The number of anilines is 1. The molecule has 0 radical (unpaired) electrons. The van der Waals surface area contributed by atoms with Gasteiger partial charge in [-0.2, -0.15) is 0 Å². The molecular weight excluding hydrogens is 302 g/mol. The van der Waals surface area contributed by atoms with Crippen LogP contribution in [0.3, 0.4) is 0 Å². The zero-order valence-corrected chi connectivity index (χ0v) is 13.5. The fourth-order valence-corrected chi connectivity index (χ4v) is 4.14. The third-order valence-electron chi connectivity index (χ3n) is 5.35. The van der Waals surface area contributed by atoms with Gasteiger partial charge >= 0.3 is 0 Å². The minimum atomic E-state index is -0.0258. The molecule has 6 heteroatoms. The number of hydrogen-bond donors (Lipinski definition) is 1. The van der Waals surface area contributed by atoms with E-state index in [1.54, 1.807) is 6.20 Å². The Bertz CT molecular complexity index is 814. The minimum absolute atomic E-state index is 0.0258. The summed E-state index contributed by atoms with van der Waals surface area (Å²) in [6.07, 6.45) is 8.38. The number of aryl methyl sites for hydroxylation is 1. The van der Waals surface area contributed by atoms with E-state index < -0.39 is 0 Å². The van der Waals surface area contributed by atoms with Gasteiger partial charge in [-0.1, -0.05) is 0 Å². The Morgan fingerprint density at radius 3 is 2.83 bits per heavy atom. The molecule has 24 heavy (non-hydrogen) atoms. The molecule has 122 valence electrons. The topological polar surface area (TPSA) is 71.0 Å². The first-order chi connectivity index (χ1) is 11.7. The van der Waals surface area contributed by atoms with Crippen LogP contribution in [-0.4, -0.2) is 39.5 Å². The van der Waals surface area contributed by atoms with E-state index in [1.165, 1.54) is 11.3 Å². The van der Waals surface area contributed by atoms with Crippen molar-refractivity contribution in [2.75, 3.05) is 18.0 Å². The van der Waals surface area contributed by atoms with Gasteiger partial charge in [0.15, 0.2) is 5.82 Å². The second-order valence-corrected chi connectivity index (χ2v) is 7.08. The summed E-state index contributed by atoms with van der Waals surface area (Å²) in [5.74, 6) is 2.00. The van der Waals surface area contributed by atoms with Gasteiger partial charge in [0.1, 0.15) is 5.82 Å². The zero-order valence-electron chi connectivity index (χ0n) is 13.5. The number of carbonyl (C=O) groups excluding carboxylic acids is 1. The average molecular weight is 321 g/mol. The lowest BCUT2D eigenvalue weighted by Crippen LogP contribution is -2.67. The van der Waals surface area contributed by atoms with Crippen molar-refractivity contribution in [3.05, 3.63) is 35.8 Å². The van der Waals surface area contributed by atoms with Crippen LogP contribution in [0.5, 0.6) is 0 Å². The molecule has 5 rings (SSSR count). The number of carbonyl (C=O) groups is 1. The molecule has 0 atom stereocenters. The zero-order chi connectivity index (χ0) is 16.1. The second-order valence-electron chi connectivity index (χ2n) is 7.08. The fourth-order valence-electron chi connectivity index (χ4n) is 4.14. The van der Waals surface area contributed by atoms with Crippen LogP contribution in [0.15, 0.2) is 24.5 Å². The van der Waals surface area contributed by atoms with Gasteiger partial charge in [0.25, 0.3) is 0 Å². The lowest BCUT2D eigenvalue weighted by Gasteiger charge is -2.49. The highest BCUT2D eigenvalue weighted by atomic mass is 16.2. The third-order valence-corrected chi connectivity index (χ3v) is 5.35. The Labute approximate surface area is 140 Å². The van der Waals surface area contributed by atoms with Gasteiger partial charge < -0.3 is 10.2 Å². The first kappa shape index (κ1) is 13.9. The van der Waals surface area contributed by atoms with Gasteiger partial charge in [0.05, 0.1) is 5.54 Å². The Kier molecular flexibility index (Phi) is 2.89. The van der Waals surface area contributed by atoms with Crippen molar-refractivity contribution in [3.8, 4) is 11.4 Å². The van der Waals surface area contributed by atoms with Gasteiger partial charge in [-0.15, -0.1) is 0 Å². The van der Waals surface area contributed by atoms with Gasteiger partial charge in [-0.3, -0.25) is 9.78 Å². The van der Waals surface area contributed by atoms with Gasteiger partial charge in [0.2, 0.25) is 5.91 Å². The predicted molar refractivity (Wildman–Crippen MR) is 89.6 cm³/mol. The lowest BCUT2D eigenvalue weighted by atomic mass is 9.88. The molecule has 6 nitrogen and oxygen atoms in total. The Balaban J connectivity index is 1.50. The SMILES string of the molecule is O=C1CCC2(CN(c3nc(-c4cccnc4)nc4c3CCC4)C2)N1. The van der Waals surface area contributed by atoms with Crippen LogP contribution in [0.4, 0.5) is 5.82 Å². The van der Waals surface area contributed by atoms with Crippen LogP contribution < -0.4 is 10.2 Å². The molecule has 0 aromatic carbocycles. The molecule has 0 saturated carbocycles. The van der Waals surface area contributed by atoms with Crippen LogP contribution in [0, 0.1) is 0 Å². The molecule has 0 unspecified atom stereocenters. The Hall–Kier alpha value is -2.50. The summed E-state index contributed by atoms with van der Waals surface area (Å²) in [6, 6.07) is 3.92. The molecule has 1 N–H and O–H groups in total. The maximum Gasteiger partial charge on any atom is 0.220 e. The molecule has 2 aromatic heterocycles. The number of aromatic nitrogens is 3. The summed E-state index contributed by atoms with van der Waals surface area (Å²) in [4.78, 5) is 27.7. The highest BCUT2D eigenvalue weighted by Crippen LogP contribution is 2.38. The molecule has 4 heterocycles. The fraction of sp³-hybridized carbons (Fsp3) is 0.444. The number of pyridine rings is 1. The van der Waals surface area contributed by atoms with E-state index in [9.17, 15) is 4.79 Å². The number of nitrogens with zero attached hydrogens (tertiary/aromatic N) is 4. The molecule has 1 spiro atoms. The summed E-state index contributed by atoms with van der Waals surface area (Å²) in [5, 5.41) is 3.15. The number of hydrogen-bond acceptors (Lipinski definition) is 5. The molecule has 0 bridgehead atoms. The van der Waals surface area contributed by atoms with Crippen molar-refractivity contribution in [1.29, 1.82) is 0 Å². The van der Waals surface area contributed by atoms with Gasteiger partial charge in [0, 0.05) is 48.7 Å². The number of amides is 1. The summed E-state index contributed by atoms with van der Waals surface area (Å²) < 4.78 is 0. The molecule has 3 aliphatic rings. The molecular formula is C18H19N5O. The highest BCUT2D eigenvalue weighted by Gasteiger charge is 2.48. The summed E-state index contributed by atoms with van der Waals surface area (Å²) in [6.45, 7) is 1.71. The van der Waals surface area contributed by atoms with Crippen molar-refractivity contribution < 1.29 is 4.79 Å². The van der Waals surface area contributed by atoms with Crippen LogP contribution in [0.25, 0.3) is 11.4 Å². The highest BCUT2D eigenvalue weighted by molar-refractivity contribution is 5.80. The summed E-state index contributed by atoms with van der Waals surface area (Å²) in [7, 11) is 0. The van der Waals surface area contributed by atoms with E-state index in [4.69, 9.17) is 9.97 Å². The van der Waals surface area contributed by atoms with Crippen LogP contribution >= 0.6 is 0 Å². The van der Waals surface area contributed by atoms with Crippen LogP contribution in [0.1, 0.15) is 30.5 Å². The van der Waals surface area contributed by atoms with Crippen LogP contribution in [0.2, 0.25) is 0 Å². The van der Waals surface area contributed by atoms with E-state index in [2.05, 4.69) is 15.2 Å². The van der Waals surface area contributed by atoms with Crippen LogP contribution in [-0.2, 0) is 17.6 Å². The van der Waals surface area contributed by atoms with Crippen molar-refractivity contribution in [2.45, 2.75) is 37.6 Å². The first-order valence-corrected chi connectivity index (χ1v) is 8.59. The standard InChI is InChI=1S/C18H19N5O/c24-15-6-7-18(22-15)10-23(11-18)17-13-4-1-5-14(13)20-16(21-17)12-3-2-8-19-9-12/h2-3,8-9H,1,4-7,10-11H2,(H,22,24). The predicted octanol–water partition coefficient (Wildman–Crippen LogP) is 1.50. The number of nitrogens with one attached hydrogen (secondary N) is 1. The second kappa shape index (κ2) is 5.00. The van der Waals surface area contributed by atoms with Crippen molar-refractivity contribution in [3.63, 3.8) is 0 Å². The van der Waals surface area contributed by atoms with Crippen molar-refractivity contribution in [1.82, 2.24) is 20.3 Å². The lowest BCUT2D eigenvalue weighted by molar-refractivity contribution is -0.119. The molecule has 2 saturated heterocycles. The van der Waals surface area contributed by atoms with E-state index in [0.717, 1.165) is 56.0 Å². The molecule has 1 amide bonds.